The van der Waals surface area contributed by atoms with Crippen LogP contribution >= 0.6 is 7.82 Å². The molecule has 1 aliphatic heterocycles. The van der Waals surface area contributed by atoms with Crippen molar-refractivity contribution >= 4 is 43.5 Å². The highest BCUT2D eigenvalue weighted by Gasteiger charge is 2.52. The Kier molecular flexibility index (Phi) is 60.1. The number of carbonyl (C=O) groups excluding carboxylic acids is 6. The van der Waals surface area contributed by atoms with E-state index >= 15 is 0 Å². The van der Waals surface area contributed by atoms with Gasteiger partial charge in [0.2, 0.25) is 11.8 Å². The molecule has 9 atom stereocenters. The summed E-state index contributed by atoms with van der Waals surface area (Å²) >= 11 is 0. The minimum atomic E-state index is -5.50. The molecule has 2 amide bonds. The first-order valence-electron chi connectivity index (χ1n) is 40.1. The fraction of sp³-hybridized carbons (Fsp3) is 0.922. The number of aliphatic hydroxyl groups is 2. The number of hydrogen-bond donors (Lipinski definition) is 6. The lowest BCUT2D eigenvalue weighted by Gasteiger charge is -2.45. The van der Waals surface area contributed by atoms with Crippen LogP contribution in [0.2, 0.25) is 0 Å². The molecule has 21 heteroatoms. The van der Waals surface area contributed by atoms with Crippen LogP contribution in [0.4, 0.5) is 0 Å². The number of unbranched alkanes of at least 4 members (excludes halogenated alkanes) is 38. The zero-order valence-electron chi connectivity index (χ0n) is 62.7. The number of amides is 2. The molecule has 1 saturated heterocycles. The monoisotopic (exact) mass is 1420 g/mol. The average Bonchev–Trinajstić information content (AvgIpc) is 0.786. The number of ether oxygens (including phenoxy) is 6. The molecule has 1 rings (SSSR count). The van der Waals surface area contributed by atoms with Crippen molar-refractivity contribution in [2.45, 2.75) is 437 Å². The predicted molar refractivity (Wildman–Crippen MR) is 388 cm³/mol. The van der Waals surface area contributed by atoms with Crippen molar-refractivity contribution in [3.8, 4) is 0 Å². The van der Waals surface area contributed by atoms with E-state index in [4.69, 9.17) is 32.9 Å². The molecule has 0 spiro atoms. The number of phosphoric ester groups is 1. The van der Waals surface area contributed by atoms with E-state index < -0.39 is 119 Å². The van der Waals surface area contributed by atoms with Crippen molar-refractivity contribution < 1.29 is 86.3 Å². The molecule has 0 bridgehead atoms. The molecule has 1 heterocycles. The Morgan fingerprint density at radius 2 is 0.724 bits per heavy atom. The molecule has 1 fully saturated rings. The van der Waals surface area contributed by atoms with Crippen LogP contribution in [0.15, 0.2) is 0 Å². The van der Waals surface area contributed by atoms with Crippen molar-refractivity contribution in [2.75, 3.05) is 19.8 Å². The van der Waals surface area contributed by atoms with Crippen LogP contribution in [-0.2, 0) is 66.3 Å². The van der Waals surface area contributed by atoms with Gasteiger partial charge in [-0.1, -0.05) is 286 Å². The molecule has 20 nitrogen and oxygen atoms in total. The Balaban J connectivity index is 3.76. The highest BCUT2D eigenvalue weighted by Crippen LogP contribution is 2.42. The molecule has 1 aliphatic rings. The van der Waals surface area contributed by atoms with Gasteiger partial charge in [0.15, 0.2) is 12.4 Å². The molecular formula is C77H145N2O18P. The summed E-state index contributed by atoms with van der Waals surface area (Å²) in [6.45, 7) is 10.8. The summed E-state index contributed by atoms with van der Waals surface area (Å²) in [7, 11) is -5.50. The Morgan fingerprint density at radius 3 is 1.07 bits per heavy atom. The number of rotatable bonds is 69. The molecule has 6 N–H and O–H groups in total. The first-order chi connectivity index (χ1) is 47.5. The second-order valence-corrected chi connectivity index (χ2v) is 29.3. The smallest absolute Gasteiger partial charge is 0.462 e. The second kappa shape index (κ2) is 63.5. The van der Waals surface area contributed by atoms with Gasteiger partial charge in [0.05, 0.1) is 45.1 Å². The molecule has 0 aliphatic carbocycles. The lowest BCUT2D eigenvalue weighted by Crippen LogP contribution is -2.66. The molecule has 0 aromatic heterocycles. The molecule has 98 heavy (non-hydrogen) atoms. The molecule has 0 aromatic rings. The van der Waals surface area contributed by atoms with Gasteiger partial charge in [0.25, 0.3) is 0 Å². The van der Waals surface area contributed by atoms with Gasteiger partial charge in [-0.15, -0.1) is 0 Å². The molecule has 0 aromatic carbocycles. The maximum atomic E-state index is 14.7. The highest BCUT2D eigenvalue weighted by atomic mass is 31.2. The summed E-state index contributed by atoms with van der Waals surface area (Å²) in [5, 5.41) is 27.3. The quantitative estimate of drug-likeness (QED) is 0.0143. The van der Waals surface area contributed by atoms with E-state index in [0.29, 0.717) is 51.4 Å². The van der Waals surface area contributed by atoms with E-state index in [2.05, 4.69) is 45.3 Å². The largest absolute Gasteiger partial charge is 0.470 e. The SMILES string of the molecule is CCCCCCCCCCC[C@H](CC(=O)N[C@H](CO)COC1O[C@H](CO)[C@@H](OP(=O)(O)O)[C@H](OC(=O)C[C@@H](CCCCCCCCCCC)OC(=O)CCCCCCCCC)[C@H]1NC(=O)C[C@@H](CCCCCCCCCCC)OC(=O)CCCCC)OC(=O)CCCCCCCCC. The van der Waals surface area contributed by atoms with Crippen molar-refractivity contribution in [1.82, 2.24) is 10.6 Å². The summed E-state index contributed by atoms with van der Waals surface area (Å²) in [5.41, 5.74) is 0. The molecule has 576 valence electrons. The zero-order chi connectivity index (χ0) is 72.1. The van der Waals surface area contributed by atoms with Gasteiger partial charge in [-0.2, -0.15) is 0 Å². The second-order valence-electron chi connectivity index (χ2n) is 28.1. The topological polar surface area (TPSA) is 289 Å². The van der Waals surface area contributed by atoms with Crippen LogP contribution in [0.25, 0.3) is 0 Å². The molecule has 0 saturated carbocycles. The highest BCUT2D eigenvalue weighted by molar-refractivity contribution is 7.46. The van der Waals surface area contributed by atoms with Gasteiger partial charge < -0.3 is 59.1 Å². The lowest BCUT2D eigenvalue weighted by molar-refractivity contribution is -0.272. The Bertz CT molecular complexity index is 2010. The van der Waals surface area contributed by atoms with E-state index in [9.17, 15) is 53.3 Å². The third kappa shape index (κ3) is 51.8. The molecular weight excluding hydrogens is 1270 g/mol. The van der Waals surface area contributed by atoms with Crippen molar-refractivity contribution in [3.05, 3.63) is 0 Å². The Morgan fingerprint density at radius 1 is 0.408 bits per heavy atom. The summed E-state index contributed by atoms with van der Waals surface area (Å²) < 4.78 is 55.0. The van der Waals surface area contributed by atoms with Crippen LogP contribution in [0.1, 0.15) is 382 Å². The maximum Gasteiger partial charge on any atom is 0.470 e. The fourth-order valence-electron chi connectivity index (χ4n) is 12.8. The summed E-state index contributed by atoms with van der Waals surface area (Å²) in [4.78, 5) is 104. The summed E-state index contributed by atoms with van der Waals surface area (Å²) in [6.07, 6.45) is 35.7. The predicted octanol–water partition coefficient (Wildman–Crippen LogP) is 17.6. The minimum absolute atomic E-state index is 0.150. The number of nitrogens with one attached hydrogen (secondary N) is 2. The van der Waals surface area contributed by atoms with Crippen LogP contribution in [0, 0.1) is 0 Å². The van der Waals surface area contributed by atoms with Gasteiger partial charge in [0, 0.05) is 19.3 Å². The van der Waals surface area contributed by atoms with E-state index in [1.165, 1.54) is 57.8 Å². The van der Waals surface area contributed by atoms with Gasteiger partial charge in [-0.05, 0) is 57.8 Å². The van der Waals surface area contributed by atoms with Crippen LogP contribution in [0.3, 0.4) is 0 Å². The van der Waals surface area contributed by atoms with Gasteiger partial charge >= 0.3 is 31.7 Å². The van der Waals surface area contributed by atoms with E-state index in [0.717, 1.165) is 193 Å². The minimum Gasteiger partial charge on any atom is -0.462 e. The third-order valence-electron chi connectivity index (χ3n) is 18.7. The summed E-state index contributed by atoms with van der Waals surface area (Å²) in [5.74, 6) is -3.55. The van der Waals surface area contributed by atoms with Crippen LogP contribution in [0.5, 0.6) is 0 Å². The number of phosphoric acid groups is 1. The number of carbonyl (C=O) groups is 6. The molecule has 0 radical (unpaired) electrons. The van der Waals surface area contributed by atoms with Gasteiger partial charge in [-0.25, -0.2) is 4.57 Å². The van der Waals surface area contributed by atoms with E-state index in [1.807, 2.05) is 6.92 Å². The first-order valence-corrected chi connectivity index (χ1v) is 41.6. The average molecular weight is 1420 g/mol. The van der Waals surface area contributed by atoms with Crippen molar-refractivity contribution in [2.24, 2.45) is 0 Å². The Labute approximate surface area is 594 Å². The zero-order valence-corrected chi connectivity index (χ0v) is 63.6. The summed E-state index contributed by atoms with van der Waals surface area (Å²) in [6, 6.07) is -2.80. The van der Waals surface area contributed by atoms with E-state index in [-0.39, 0.29) is 38.1 Å². The fourth-order valence-corrected chi connectivity index (χ4v) is 13.4. The number of esters is 4. The van der Waals surface area contributed by atoms with Gasteiger partial charge in [-0.3, -0.25) is 33.3 Å². The van der Waals surface area contributed by atoms with Crippen molar-refractivity contribution in [1.29, 1.82) is 0 Å². The normalized spacial score (nSPS) is 17.6. The van der Waals surface area contributed by atoms with Crippen LogP contribution in [-0.4, -0.2) is 131 Å². The number of aliphatic hydroxyl groups excluding tert-OH is 2. The van der Waals surface area contributed by atoms with Gasteiger partial charge in [0.1, 0.15) is 36.6 Å². The standard InChI is InChI=1S/C77H145N2O18P/c1-7-13-19-24-29-32-37-40-46-51-64(92-71(85)55-49-43-35-27-22-16-10-4)57-68(82)78-63(60-80)62-91-77-74(79-69(83)58-65(93-70(84)54-45-18-12-6)52-47-41-38-33-30-25-20-14-8-2)76(75(67(61-81)95-77)97-98(88,89)90)96-73(87)59-66(53-48-42-39-34-31-26-21-15-9-3)94-72(86)56-50-44-36-28-23-17-11-5/h63-67,74-77,80-81H,7-62H2,1-6H3,(H,78,82)(H,79,83)(H2,88,89,90)/t63-,64-,65-,66-,67-,74-,75-,76-,77?/m1/s1. The lowest BCUT2D eigenvalue weighted by atomic mass is 9.95. The maximum absolute atomic E-state index is 14.7. The first kappa shape index (κ1) is 92.8. The van der Waals surface area contributed by atoms with Crippen molar-refractivity contribution in [3.63, 3.8) is 0 Å². The van der Waals surface area contributed by atoms with Crippen LogP contribution < -0.4 is 10.6 Å². The van der Waals surface area contributed by atoms with E-state index in [1.54, 1.807) is 0 Å². The molecule has 1 unspecified atom stereocenters. The Hall–Kier alpha value is -3.23. The number of hydrogen-bond acceptors (Lipinski definition) is 16. The third-order valence-corrected chi connectivity index (χ3v) is 19.2.